The molecule has 0 spiro atoms. The van der Waals surface area contributed by atoms with Gasteiger partial charge in [0.2, 0.25) is 0 Å². The molecule has 11 unspecified atom stereocenters. The van der Waals surface area contributed by atoms with Crippen molar-refractivity contribution in [2.75, 3.05) is 6.61 Å². The molecule has 0 aromatic rings. The first-order valence-corrected chi connectivity index (χ1v) is 30.7. The van der Waals surface area contributed by atoms with E-state index < -0.39 is 0 Å². The zero-order valence-corrected chi connectivity index (χ0v) is 51.1. The highest BCUT2D eigenvalue weighted by Crippen LogP contribution is 2.68. The summed E-state index contributed by atoms with van der Waals surface area (Å²) >= 11 is 0. The van der Waals surface area contributed by atoms with Gasteiger partial charge in [0.1, 0.15) is 6.29 Å². The minimum absolute atomic E-state index is 0.0931. The third-order valence-corrected chi connectivity index (χ3v) is 20.1. The molecule has 0 aromatic heterocycles. The molecule has 73 heavy (non-hydrogen) atoms. The van der Waals surface area contributed by atoms with Gasteiger partial charge in [0.15, 0.2) is 0 Å². The van der Waals surface area contributed by atoms with E-state index in [4.69, 9.17) is 0 Å². The van der Waals surface area contributed by atoms with Crippen LogP contribution in [0.3, 0.4) is 0 Å². The normalized spacial score (nSPS) is 34.9. The summed E-state index contributed by atoms with van der Waals surface area (Å²) in [6.07, 6.45) is 54.5. The van der Waals surface area contributed by atoms with E-state index in [0.29, 0.717) is 51.2 Å². The van der Waals surface area contributed by atoms with Gasteiger partial charge in [-0.15, -0.1) is 0 Å². The Balaban J connectivity index is 0.000000303. The number of carbonyl (C=O) groups excluding carboxylic acids is 1. The number of hydrogen-bond acceptors (Lipinski definition) is 2. The average Bonchev–Trinajstić information content (AvgIpc) is 3.35. The van der Waals surface area contributed by atoms with Gasteiger partial charge in [0, 0.05) is 5.41 Å². The first-order chi connectivity index (χ1) is 34.7. The maximum atomic E-state index is 12.1. The van der Waals surface area contributed by atoms with E-state index in [-0.39, 0.29) is 12.0 Å². The van der Waals surface area contributed by atoms with Gasteiger partial charge in [0.25, 0.3) is 0 Å². The molecule has 414 valence electrons. The fourth-order valence-electron chi connectivity index (χ4n) is 16.7. The number of aliphatic hydroxyl groups is 1. The van der Waals surface area contributed by atoms with Gasteiger partial charge in [-0.1, -0.05) is 225 Å². The van der Waals surface area contributed by atoms with Crippen LogP contribution in [0.25, 0.3) is 0 Å². The number of aldehydes is 1. The van der Waals surface area contributed by atoms with Crippen molar-refractivity contribution in [2.24, 2.45) is 86.3 Å². The standard InChI is InChI=1S/C29H46O.C27H40O.C8H16.C5H10.C2H6/c1-8-9-10-12-22(20-30)17-23-18-26-28(6,19-24(23)21(2)3)16-13-25-27(4,5)14-11-15-29(25,26)7;1-19(2)23-16-21-11-12-25-26(3,18-28)13-8-14-27(25,4)24(21)17-22(23)15-20-9-6-5-7-10-20;1-4-6-8(3)7-5-2;1-3-5-4-2;1-2/h8-10,12,19,21,23,25-26,30H,1,11,13-18,20H2,2-7H3;6,9-10,16,18-19,21-22,24-25H,5,7-8,11-15,17H2,1-4H3;4,6,8H,5,7H2,1-3H3;3,5H,4H2,1-2H3;1-2H3/b10-9-,22-12-;;;;/t23?,25?,26?,28-,29?;;;;/m1..../s1. The Morgan fingerprint density at radius 2 is 1.47 bits per heavy atom. The zero-order valence-electron chi connectivity index (χ0n) is 51.1. The number of hydrogen-bond donors (Lipinski definition) is 1. The van der Waals surface area contributed by atoms with Crippen LogP contribution in [0.1, 0.15) is 240 Å². The van der Waals surface area contributed by atoms with Gasteiger partial charge in [-0.25, -0.2) is 0 Å². The molecule has 4 fully saturated rings. The highest BCUT2D eigenvalue weighted by molar-refractivity contribution is 5.60. The molecule has 2 heteroatoms. The minimum Gasteiger partial charge on any atom is -0.392 e. The van der Waals surface area contributed by atoms with Crippen molar-refractivity contribution in [1.82, 2.24) is 0 Å². The highest BCUT2D eigenvalue weighted by atomic mass is 16.3. The van der Waals surface area contributed by atoms with Crippen LogP contribution in [0, 0.1) is 86.3 Å². The SMILES string of the molecule is C=C/C=C\C=C(/CO)CC1CC2C3(C)CCCC(C)(C)C3CC[C@]2(C)C=C1C(C)C.CC.CC(C)C1=CC2CCC3C(C)(C=O)CCCC3(C)C2CC1CC1=CCCC=C1.CC=CC(C)CCC.CC=CCC. The predicted molar refractivity (Wildman–Crippen MR) is 323 cm³/mol. The lowest BCUT2D eigenvalue weighted by atomic mass is 9.41. The molecule has 7 aliphatic rings. The van der Waals surface area contributed by atoms with Gasteiger partial charge >= 0.3 is 0 Å². The third kappa shape index (κ3) is 16.6. The van der Waals surface area contributed by atoms with Crippen molar-refractivity contribution in [3.63, 3.8) is 0 Å². The van der Waals surface area contributed by atoms with Crippen LogP contribution in [0.5, 0.6) is 0 Å². The molecule has 0 aromatic carbocycles. The van der Waals surface area contributed by atoms with Gasteiger partial charge in [-0.3, -0.25) is 0 Å². The molecule has 2 nitrogen and oxygen atoms in total. The minimum atomic E-state index is -0.0931. The monoisotopic (exact) mass is 1000 g/mol. The molecule has 0 heterocycles. The van der Waals surface area contributed by atoms with Crippen molar-refractivity contribution in [1.29, 1.82) is 0 Å². The van der Waals surface area contributed by atoms with Crippen molar-refractivity contribution >= 4 is 6.29 Å². The van der Waals surface area contributed by atoms with Crippen LogP contribution in [0.2, 0.25) is 0 Å². The number of aliphatic hydroxyl groups excluding tert-OH is 1. The molecule has 0 saturated heterocycles. The topological polar surface area (TPSA) is 37.3 Å². The Morgan fingerprint density at radius 3 is 2.03 bits per heavy atom. The van der Waals surface area contributed by atoms with E-state index >= 15 is 0 Å². The van der Waals surface area contributed by atoms with Crippen molar-refractivity contribution in [2.45, 2.75) is 240 Å². The molecule has 0 amide bonds. The Morgan fingerprint density at radius 1 is 0.781 bits per heavy atom. The second-order valence-corrected chi connectivity index (χ2v) is 26.4. The average molecular weight is 1000 g/mol. The molecule has 0 radical (unpaired) electrons. The summed E-state index contributed by atoms with van der Waals surface area (Å²) in [5, 5.41) is 10.0. The van der Waals surface area contributed by atoms with Crippen LogP contribution in [0.15, 0.2) is 108 Å². The first-order valence-electron chi connectivity index (χ1n) is 30.7. The summed E-state index contributed by atoms with van der Waals surface area (Å²) in [5.74, 6) is 6.91. The fraction of sp³-hybridized carbons (Fsp3) is 0.732. The number of rotatable bonds is 14. The maximum absolute atomic E-state index is 12.1. The molecular weight excluding hydrogens is 885 g/mol. The molecule has 0 aliphatic heterocycles. The molecule has 4 saturated carbocycles. The summed E-state index contributed by atoms with van der Waals surface area (Å²) in [5.41, 5.74) is 7.55. The summed E-state index contributed by atoms with van der Waals surface area (Å²) in [4.78, 5) is 12.1. The maximum Gasteiger partial charge on any atom is 0.126 e. The fourth-order valence-corrected chi connectivity index (χ4v) is 16.7. The molecule has 1 N–H and O–H groups in total. The second kappa shape index (κ2) is 30.3. The van der Waals surface area contributed by atoms with Crippen molar-refractivity contribution < 1.29 is 9.90 Å². The van der Waals surface area contributed by atoms with E-state index in [2.05, 4.69) is 164 Å². The lowest BCUT2D eigenvalue weighted by Crippen LogP contribution is -2.56. The summed E-state index contributed by atoms with van der Waals surface area (Å²) in [7, 11) is 0. The van der Waals surface area contributed by atoms with Gasteiger partial charge in [-0.2, -0.15) is 0 Å². The molecule has 7 aliphatic carbocycles. The van der Waals surface area contributed by atoms with Gasteiger partial charge < -0.3 is 9.90 Å². The summed E-state index contributed by atoms with van der Waals surface area (Å²) in [6.45, 7) is 43.2. The lowest BCUT2D eigenvalue weighted by Gasteiger charge is -2.64. The number of fused-ring (bicyclic) bond motifs is 6. The van der Waals surface area contributed by atoms with Crippen LogP contribution in [-0.2, 0) is 4.79 Å². The van der Waals surface area contributed by atoms with E-state index in [1.807, 2.05) is 32.9 Å². The number of carbonyl (C=O) groups is 1. The lowest BCUT2D eigenvalue weighted by molar-refractivity contribution is -0.138. The Hall–Kier alpha value is -2.71. The van der Waals surface area contributed by atoms with Gasteiger partial charge in [-0.05, 0) is 203 Å². The van der Waals surface area contributed by atoms with Crippen LogP contribution in [-0.4, -0.2) is 18.0 Å². The smallest absolute Gasteiger partial charge is 0.126 e. The van der Waals surface area contributed by atoms with Crippen molar-refractivity contribution in [3.05, 3.63) is 108 Å². The molecule has 7 rings (SSSR count). The third-order valence-electron chi connectivity index (χ3n) is 20.1. The largest absolute Gasteiger partial charge is 0.392 e. The number of allylic oxidation sites excluding steroid dienone is 16. The highest BCUT2D eigenvalue weighted by Gasteiger charge is 2.60. The molecule has 12 atom stereocenters. The quantitative estimate of drug-likeness (QED) is 0.107. The van der Waals surface area contributed by atoms with E-state index in [1.54, 1.807) is 22.8 Å². The Kier molecular flexibility index (Phi) is 26.8. The Bertz CT molecular complexity index is 1920. The van der Waals surface area contributed by atoms with Crippen LogP contribution >= 0.6 is 0 Å². The molecule has 0 bridgehead atoms. The van der Waals surface area contributed by atoms with Gasteiger partial charge in [0.05, 0.1) is 6.61 Å². The first kappa shape index (κ1) is 64.6. The van der Waals surface area contributed by atoms with E-state index in [0.717, 1.165) is 54.4 Å². The predicted octanol–water partition coefficient (Wildman–Crippen LogP) is 21.2. The van der Waals surface area contributed by atoms with E-state index in [9.17, 15) is 9.90 Å². The van der Waals surface area contributed by atoms with Crippen molar-refractivity contribution in [3.8, 4) is 0 Å². The summed E-state index contributed by atoms with van der Waals surface area (Å²) in [6, 6.07) is 0. The second-order valence-electron chi connectivity index (χ2n) is 26.4. The van der Waals surface area contributed by atoms with E-state index in [1.165, 1.54) is 109 Å². The summed E-state index contributed by atoms with van der Waals surface area (Å²) < 4.78 is 0. The Labute approximate surface area is 454 Å². The van der Waals surface area contributed by atoms with Crippen LogP contribution in [0.4, 0.5) is 0 Å². The molecular formula is C71H118O2. The zero-order chi connectivity index (χ0) is 54.6. The van der Waals surface area contributed by atoms with Crippen LogP contribution < -0.4 is 0 Å².